The van der Waals surface area contributed by atoms with E-state index < -0.39 is 17.2 Å². The maximum atomic E-state index is 12.2. The molecule has 142 valence electrons. The molecule has 9 nitrogen and oxygen atoms in total. The summed E-state index contributed by atoms with van der Waals surface area (Å²) in [4.78, 5) is 42.8. The van der Waals surface area contributed by atoms with Gasteiger partial charge in [-0.15, -0.1) is 0 Å². The normalized spacial score (nSPS) is 11.5. The number of hydrogen-bond donors (Lipinski definition) is 1. The highest BCUT2D eigenvalue weighted by Crippen LogP contribution is 2.11. The quantitative estimate of drug-likeness (QED) is 0.498. The summed E-state index contributed by atoms with van der Waals surface area (Å²) in [6.45, 7) is 2.33. The predicted octanol–water partition coefficient (Wildman–Crippen LogP) is 1.57. The van der Waals surface area contributed by atoms with Gasteiger partial charge in [-0.25, -0.2) is 14.6 Å². The molecule has 27 heavy (non-hydrogen) atoms. The van der Waals surface area contributed by atoms with E-state index in [-0.39, 0.29) is 17.8 Å². The molecule has 1 N–H and O–H groups in total. The number of rotatable bonds is 7. The third-order valence-electron chi connectivity index (χ3n) is 4.11. The van der Waals surface area contributed by atoms with Crippen LogP contribution in [0, 0.1) is 0 Å². The zero-order chi connectivity index (χ0) is 19.4. The summed E-state index contributed by atoms with van der Waals surface area (Å²) in [5.74, 6) is 0.322. The molecule has 3 rings (SSSR count). The Balaban J connectivity index is 1.83. The molecule has 0 fully saturated rings. The Morgan fingerprint density at radius 2 is 2.22 bits per heavy atom. The minimum absolute atomic E-state index is 0.131. The van der Waals surface area contributed by atoms with E-state index in [1.54, 1.807) is 19.2 Å². The van der Waals surface area contributed by atoms with E-state index in [1.165, 1.54) is 27.5 Å². The van der Waals surface area contributed by atoms with Crippen LogP contribution in [0.4, 0.5) is 0 Å². The number of nitrogens with zero attached hydrogens (tertiary/aromatic N) is 3. The lowest BCUT2D eigenvalue weighted by Crippen LogP contribution is -2.31. The number of carbonyl (C=O) groups excluding carboxylic acids is 1. The molecule has 0 atom stereocenters. The van der Waals surface area contributed by atoms with Gasteiger partial charge in [0.15, 0.2) is 11.2 Å². The van der Waals surface area contributed by atoms with Crippen LogP contribution in [0.3, 0.4) is 0 Å². The molecule has 0 aromatic carbocycles. The van der Waals surface area contributed by atoms with Gasteiger partial charge in [0.25, 0.3) is 5.56 Å². The molecule has 0 saturated heterocycles. The molecule has 0 amide bonds. The summed E-state index contributed by atoms with van der Waals surface area (Å²) in [5.41, 5.74) is -0.461. The van der Waals surface area contributed by atoms with Crippen LogP contribution < -0.4 is 11.2 Å². The Morgan fingerprint density at radius 3 is 2.93 bits per heavy atom. The number of aromatic amines is 1. The van der Waals surface area contributed by atoms with Crippen molar-refractivity contribution in [2.45, 2.75) is 32.9 Å². The number of carbonyl (C=O) groups is 1. The number of hydrogen-bond acceptors (Lipinski definition) is 6. The number of H-pyrrole nitrogens is 1. The minimum atomic E-state index is -0.573. The van der Waals surface area contributed by atoms with Crippen LogP contribution in [0.2, 0.25) is 0 Å². The molecule has 0 radical (unpaired) electrons. The summed E-state index contributed by atoms with van der Waals surface area (Å²) in [6.07, 6.45) is 5.90. The van der Waals surface area contributed by atoms with Crippen LogP contribution in [0.5, 0.6) is 0 Å². The van der Waals surface area contributed by atoms with E-state index in [9.17, 15) is 14.4 Å². The van der Waals surface area contributed by atoms with Crippen LogP contribution in [0.15, 0.2) is 38.5 Å². The second-order valence-corrected chi connectivity index (χ2v) is 5.98. The lowest BCUT2D eigenvalue weighted by Gasteiger charge is -2.04. The third kappa shape index (κ3) is 3.91. The number of unbranched alkanes of at least 4 members (excludes halogenated alkanes) is 1. The van der Waals surface area contributed by atoms with E-state index in [1.807, 2.05) is 6.92 Å². The van der Waals surface area contributed by atoms with E-state index >= 15 is 0 Å². The van der Waals surface area contributed by atoms with Gasteiger partial charge in [-0.3, -0.25) is 14.3 Å². The third-order valence-corrected chi connectivity index (χ3v) is 4.11. The summed E-state index contributed by atoms with van der Waals surface area (Å²) >= 11 is 0. The van der Waals surface area contributed by atoms with Crippen LogP contribution >= 0.6 is 0 Å². The first kappa shape index (κ1) is 18.4. The van der Waals surface area contributed by atoms with Crippen molar-refractivity contribution >= 4 is 23.2 Å². The zero-order valence-electron chi connectivity index (χ0n) is 15.1. The van der Waals surface area contributed by atoms with Crippen LogP contribution in [-0.2, 0) is 29.7 Å². The molecule has 0 aliphatic rings. The highest BCUT2D eigenvalue weighted by molar-refractivity contribution is 5.86. The molecular weight excluding hydrogens is 352 g/mol. The van der Waals surface area contributed by atoms with Gasteiger partial charge in [0.1, 0.15) is 18.2 Å². The van der Waals surface area contributed by atoms with E-state index in [0.29, 0.717) is 18.1 Å². The first-order chi connectivity index (χ1) is 13.0. The number of furan rings is 1. The van der Waals surface area contributed by atoms with Crippen molar-refractivity contribution in [3.8, 4) is 0 Å². The topological polar surface area (TPSA) is 112 Å². The maximum absolute atomic E-state index is 12.2. The van der Waals surface area contributed by atoms with Gasteiger partial charge < -0.3 is 13.7 Å². The molecular formula is C18H20N4O5. The van der Waals surface area contributed by atoms with Crippen molar-refractivity contribution in [2.75, 3.05) is 0 Å². The highest BCUT2D eigenvalue weighted by atomic mass is 16.5. The number of esters is 1. The number of ether oxygens (including phenoxy) is 1. The molecule has 0 unspecified atom stereocenters. The van der Waals surface area contributed by atoms with Crippen LogP contribution in [0.1, 0.15) is 31.4 Å². The maximum Gasteiger partial charge on any atom is 0.331 e. The lowest BCUT2D eigenvalue weighted by atomic mass is 10.3. The van der Waals surface area contributed by atoms with E-state index in [4.69, 9.17) is 9.15 Å². The summed E-state index contributed by atoms with van der Waals surface area (Å²) < 4.78 is 13.2. The fraction of sp³-hybridized carbons (Fsp3) is 0.333. The largest absolute Gasteiger partial charge is 0.465 e. The molecule has 3 aromatic rings. The van der Waals surface area contributed by atoms with Gasteiger partial charge >= 0.3 is 11.7 Å². The molecule has 0 saturated carbocycles. The Kier molecular flexibility index (Phi) is 5.39. The molecule has 0 bridgehead atoms. The number of imidazole rings is 1. The van der Waals surface area contributed by atoms with Crippen molar-refractivity contribution in [3.05, 3.63) is 56.9 Å². The van der Waals surface area contributed by atoms with Gasteiger partial charge in [0, 0.05) is 19.7 Å². The van der Waals surface area contributed by atoms with Gasteiger partial charge in [-0.2, -0.15) is 0 Å². The molecule has 3 aromatic heterocycles. The van der Waals surface area contributed by atoms with Crippen molar-refractivity contribution < 1.29 is 13.9 Å². The second-order valence-electron chi connectivity index (χ2n) is 5.98. The predicted molar refractivity (Wildman–Crippen MR) is 98.0 cm³/mol. The smallest absolute Gasteiger partial charge is 0.331 e. The van der Waals surface area contributed by atoms with Gasteiger partial charge in [0.05, 0.1) is 6.26 Å². The molecule has 0 aliphatic heterocycles. The summed E-state index contributed by atoms with van der Waals surface area (Å²) in [7, 11) is 1.64. The average Bonchev–Trinajstić information content (AvgIpc) is 3.26. The SMILES string of the molecule is CCCCn1c(=O)[nH]c(=O)c2c1nc(COC(=O)/C=C/c1ccco1)n2C. The first-order valence-corrected chi connectivity index (χ1v) is 8.58. The zero-order valence-corrected chi connectivity index (χ0v) is 15.1. The lowest BCUT2D eigenvalue weighted by molar-refractivity contribution is -0.139. The molecule has 0 aliphatic carbocycles. The fourth-order valence-electron chi connectivity index (χ4n) is 2.66. The van der Waals surface area contributed by atoms with Gasteiger partial charge in [-0.05, 0) is 24.6 Å². The van der Waals surface area contributed by atoms with Crippen molar-refractivity contribution in [3.63, 3.8) is 0 Å². The summed E-state index contributed by atoms with van der Waals surface area (Å²) in [5, 5.41) is 0. The number of aryl methyl sites for hydroxylation is 2. The standard InChI is InChI=1S/C18H20N4O5/c1-3-4-9-22-16-15(17(24)20-18(22)25)21(2)13(19-16)11-27-14(23)8-7-12-6-5-10-26-12/h5-8,10H,3-4,9,11H2,1-2H3,(H,20,24,25)/b8-7+. The monoisotopic (exact) mass is 372 g/mol. The fourth-order valence-corrected chi connectivity index (χ4v) is 2.66. The van der Waals surface area contributed by atoms with Crippen LogP contribution in [-0.4, -0.2) is 25.1 Å². The number of aromatic nitrogens is 4. The first-order valence-electron chi connectivity index (χ1n) is 8.58. The average molecular weight is 372 g/mol. The van der Waals surface area contributed by atoms with Crippen molar-refractivity contribution in [1.29, 1.82) is 0 Å². The Labute approximate surface area is 153 Å². The molecule has 9 heteroatoms. The van der Waals surface area contributed by atoms with Gasteiger partial charge in [0.2, 0.25) is 0 Å². The van der Waals surface area contributed by atoms with Crippen LogP contribution in [0.25, 0.3) is 17.2 Å². The molecule has 0 spiro atoms. The van der Waals surface area contributed by atoms with Gasteiger partial charge in [-0.1, -0.05) is 13.3 Å². The Hall–Kier alpha value is -3.36. The summed E-state index contributed by atoms with van der Waals surface area (Å²) in [6, 6.07) is 3.41. The van der Waals surface area contributed by atoms with E-state index in [2.05, 4.69) is 9.97 Å². The van der Waals surface area contributed by atoms with Crippen molar-refractivity contribution in [2.24, 2.45) is 7.05 Å². The number of nitrogens with one attached hydrogen (secondary N) is 1. The molecule has 3 heterocycles. The Morgan fingerprint density at radius 1 is 1.41 bits per heavy atom. The number of fused-ring (bicyclic) bond motifs is 1. The minimum Gasteiger partial charge on any atom is -0.465 e. The van der Waals surface area contributed by atoms with Crippen molar-refractivity contribution in [1.82, 2.24) is 19.1 Å². The highest BCUT2D eigenvalue weighted by Gasteiger charge is 2.17. The Bertz CT molecular complexity index is 1090. The van der Waals surface area contributed by atoms with E-state index in [0.717, 1.165) is 12.8 Å². The second kappa shape index (κ2) is 7.90.